The molecule has 0 bridgehead atoms. The van der Waals surface area contributed by atoms with Gasteiger partial charge in [-0.1, -0.05) is 59.7 Å². The maximum Gasteiger partial charge on any atom is 0.0772 e. The molecule has 1 atom stereocenters. The fourth-order valence-corrected chi connectivity index (χ4v) is 3.69. The molecule has 0 heterocycles. The Morgan fingerprint density at radius 2 is 1.55 bits per heavy atom. The highest BCUT2D eigenvalue weighted by Crippen LogP contribution is 2.33. The Morgan fingerprint density at radius 1 is 0.950 bits per heavy atom. The Bertz CT molecular complexity index is 576. The highest BCUT2D eigenvalue weighted by Gasteiger charge is 2.07. The molecule has 20 heavy (non-hydrogen) atoms. The lowest BCUT2D eigenvalue weighted by atomic mass is 10.0. The molecule has 2 rings (SSSR count). The van der Waals surface area contributed by atoms with Gasteiger partial charge in [-0.15, -0.1) is 0 Å². The van der Waals surface area contributed by atoms with Crippen molar-refractivity contribution in [2.24, 2.45) is 0 Å². The molecule has 0 saturated carbocycles. The fourth-order valence-electron chi connectivity index (χ4n) is 1.97. The standard InChI is InChI=1S/C17H19BrOS/c1-11(2)13-4-6-14(7-5-13)20-15-8-9-16(12(3)19)17(18)10-15/h4-12,19H,1-3H3. The summed E-state index contributed by atoms with van der Waals surface area (Å²) in [5, 5.41) is 9.63. The van der Waals surface area contributed by atoms with Crippen LogP contribution >= 0.6 is 27.7 Å². The lowest BCUT2D eigenvalue weighted by molar-refractivity contribution is 0.198. The first kappa shape index (κ1) is 15.6. The van der Waals surface area contributed by atoms with Crippen molar-refractivity contribution in [3.63, 3.8) is 0 Å². The van der Waals surface area contributed by atoms with Crippen LogP contribution in [0.4, 0.5) is 0 Å². The number of rotatable bonds is 4. The van der Waals surface area contributed by atoms with Crippen LogP contribution in [0, 0.1) is 0 Å². The molecule has 0 aliphatic carbocycles. The first-order valence-corrected chi connectivity index (χ1v) is 8.33. The largest absolute Gasteiger partial charge is 0.389 e. The normalized spacial score (nSPS) is 12.7. The van der Waals surface area contributed by atoms with Crippen molar-refractivity contribution in [3.05, 3.63) is 58.1 Å². The SMILES string of the molecule is CC(C)c1ccc(Sc2ccc(C(C)O)c(Br)c2)cc1. The molecular weight excluding hydrogens is 332 g/mol. The van der Waals surface area contributed by atoms with E-state index < -0.39 is 6.10 Å². The molecule has 0 fully saturated rings. The quantitative estimate of drug-likeness (QED) is 0.754. The molecule has 0 amide bonds. The van der Waals surface area contributed by atoms with Crippen molar-refractivity contribution in [1.29, 1.82) is 0 Å². The summed E-state index contributed by atoms with van der Waals surface area (Å²) in [6, 6.07) is 14.8. The van der Waals surface area contributed by atoms with Crippen LogP contribution in [0.2, 0.25) is 0 Å². The zero-order valence-corrected chi connectivity index (χ0v) is 14.3. The van der Waals surface area contributed by atoms with Crippen molar-refractivity contribution in [1.82, 2.24) is 0 Å². The molecule has 106 valence electrons. The summed E-state index contributed by atoms with van der Waals surface area (Å²) in [7, 11) is 0. The lowest BCUT2D eigenvalue weighted by Gasteiger charge is -2.10. The van der Waals surface area contributed by atoms with Crippen molar-refractivity contribution >= 4 is 27.7 Å². The predicted octanol–water partition coefficient (Wildman–Crippen LogP) is 5.78. The van der Waals surface area contributed by atoms with E-state index in [2.05, 4.69) is 60.1 Å². The van der Waals surface area contributed by atoms with E-state index in [0.29, 0.717) is 5.92 Å². The average Bonchev–Trinajstić information content (AvgIpc) is 2.39. The predicted molar refractivity (Wildman–Crippen MR) is 89.4 cm³/mol. The molecule has 2 aromatic carbocycles. The number of hydrogen-bond acceptors (Lipinski definition) is 2. The molecule has 2 aromatic rings. The average molecular weight is 351 g/mol. The molecular formula is C17H19BrOS. The van der Waals surface area contributed by atoms with E-state index in [1.807, 2.05) is 12.1 Å². The first-order valence-electron chi connectivity index (χ1n) is 6.72. The molecule has 3 heteroatoms. The van der Waals surface area contributed by atoms with E-state index in [0.717, 1.165) is 10.0 Å². The Balaban J connectivity index is 2.15. The van der Waals surface area contributed by atoms with Gasteiger partial charge in [-0.3, -0.25) is 0 Å². The van der Waals surface area contributed by atoms with Crippen molar-refractivity contribution in [2.45, 2.75) is 42.6 Å². The molecule has 0 aromatic heterocycles. The van der Waals surface area contributed by atoms with E-state index >= 15 is 0 Å². The van der Waals surface area contributed by atoms with Crippen LogP contribution in [0.25, 0.3) is 0 Å². The van der Waals surface area contributed by atoms with Crippen LogP contribution in [-0.2, 0) is 0 Å². The second kappa shape index (κ2) is 6.79. The van der Waals surface area contributed by atoms with Crippen LogP contribution in [0.5, 0.6) is 0 Å². The summed E-state index contributed by atoms with van der Waals surface area (Å²) in [6.07, 6.45) is -0.450. The minimum absolute atomic E-state index is 0.450. The number of aliphatic hydroxyl groups excluding tert-OH is 1. The van der Waals surface area contributed by atoms with Gasteiger partial charge < -0.3 is 5.11 Å². The highest BCUT2D eigenvalue weighted by atomic mass is 79.9. The van der Waals surface area contributed by atoms with E-state index in [1.54, 1.807) is 18.7 Å². The number of benzene rings is 2. The van der Waals surface area contributed by atoms with Gasteiger partial charge in [0.15, 0.2) is 0 Å². The Kier molecular flexibility index (Phi) is 5.30. The number of hydrogen-bond donors (Lipinski definition) is 1. The minimum atomic E-state index is -0.450. The zero-order valence-electron chi connectivity index (χ0n) is 11.9. The maximum absolute atomic E-state index is 9.63. The minimum Gasteiger partial charge on any atom is -0.389 e. The van der Waals surface area contributed by atoms with Gasteiger partial charge in [-0.25, -0.2) is 0 Å². The molecule has 0 radical (unpaired) electrons. The summed E-state index contributed by atoms with van der Waals surface area (Å²) < 4.78 is 0.955. The molecule has 0 spiro atoms. The van der Waals surface area contributed by atoms with Gasteiger partial charge in [-0.05, 0) is 48.2 Å². The van der Waals surface area contributed by atoms with Gasteiger partial charge in [0.25, 0.3) is 0 Å². The van der Waals surface area contributed by atoms with Crippen LogP contribution in [-0.4, -0.2) is 5.11 Å². The van der Waals surface area contributed by atoms with E-state index in [4.69, 9.17) is 0 Å². The number of aliphatic hydroxyl groups is 1. The van der Waals surface area contributed by atoms with Crippen LogP contribution in [0.3, 0.4) is 0 Å². The second-order valence-corrected chi connectivity index (χ2v) is 7.19. The molecule has 1 N–H and O–H groups in total. The summed E-state index contributed by atoms with van der Waals surface area (Å²) >= 11 is 5.25. The highest BCUT2D eigenvalue weighted by molar-refractivity contribution is 9.10. The summed E-state index contributed by atoms with van der Waals surface area (Å²) in [6.45, 7) is 6.18. The molecule has 0 saturated heterocycles. The molecule has 0 aliphatic rings. The molecule has 1 nitrogen and oxygen atoms in total. The van der Waals surface area contributed by atoms with Gasteiger partial charge in [-0.2, -0.15) is 0 Å². The van der Waals surface area contributed by atoms with Crippen molar-refractivity contribution in [3.8, 4) is 0 Å². The molecule has 1 unspecified atom stereocenters. The third-order valence-electron chi connectivity index (χ3n) is 3.20. The van der Waals surface area contributed by atoms with Crippen molar-refractivity contribution < 1.29 is 5.11 Å². The lowest BCUT2D eigenvalue weighted by Crippen LogP contribution is -1.92. The third-order valence-corrected chi connectivity index (χ3v) is 4.89. The maximum atomic E-state index is 9.63. The van der Waals surface area contributed by atoms with Gasteiger partial charge in [0.1, 0.15) is 0 Å². The Morgan fingerprint density at radius 3 is 2.05 bits per heavy atom. The third kappa shape index (κ3) is 3.87. The van der Waals surface area contributed by atoms with Crippen LogP contribution in [0.1, 0.15) is 43.9 Å². The fraction of sp³-hybridized carbons (Fsp3) is 0.294. The van der Waals surface area contributed by atoms with Crippen LogP contribution in [0.15, 0.2) is 56.7 Å². The van der Waals surface area contributed by atoms with E-state index in [9.17, 15) is 5.11 Å². The Labute approximate surface area is 133 Å². The second-order valence-electron chi connectivity index (χ2n) is 5.19. The smallest absolute Gasteiger partial charge is 0.0772 e. The van der Waals surface area contributed by atoms with Gasteiger partial charge in [0, 0.05) is 14.3 Å². The number of halogens is 1. The topological polar surface area (TPSA) is 20.2 Å². The summed E-state index contributed by atoms with van der Waals surface area (Å²) in [4.78, 5) is 2.39. The molecule has 0 aliphatic heterocycles. The van der Waals surface area contributed by atoms with E-state index in [1.165, 1.54) is 15.4 Å². The van der Waals surface area contributed by atoms with Gasteiger partial charge >= 0.3 is 0 Å². The van der Waals surface area contributed by atoms with Gasteiger partial charge in [0.2, 0.25) is 0 Å². The van der Waals surface area contributed by atoms with Gasteiger partial charge in [0.05, 0.1) is 6.10 Å². The van der Waals surface area contributed by atoms with Crippen molar-refractivity contribution in [2.75, 3.05) is 0 Å². The van der Waals surface area contributed by atoms with Crippen LogP contribution < -0.4 is 0 Å². The first-order chi connectivity index (χ1) is 9.47. The summed E-state index contributed by atoms with van der Waals surface area (Å²) in [5.41, 5.74) is 2.28. The Hall–Kier alpha value is -0.770. The van der Waals surface area contributed by atoms with E-state index in [-0.39, 0.29) is 0 Å². The summed E-state index contributed by atoms with van der Waals surface area (Å²) in [5.74, 6) is 0.563. The monoisotopic (exact) mass is 350 g/mol. The zero-order chi connectivity index (χ0) is 14.7.